The minimum absolute atomic E-state index is 0.161. The van der Waals surface area contributed by atoms with Crippen molar-refractivity contribution < 1.29 is 0 Å². The van der Waals surface area contributed by atoms with Gasteiger partial charge in [-0.15, -0.1) is 11.8 Å². The van der Waals surface area contributed by atoms with Gasteiger partial charge in [0.1, 0.15) is 4.75 Å². The summed E-state index contributed by atoms with van der Waals surface area (Å²) in [4.78, 5) is 1.24. The molecule has 1 saturated carbocycles. The van der Waals surface area contributed by atoms with E-state index >= 15 is 0 Å². The van der Waals surface area contributed by atoms with Crippen molar-refractivity contribution >= 4 is 11.8 Å². The predicted octanol–water partition coefficient (Wildman–Crippen LogP) is 4.31. The van der Waals surface area contributed by atoms with E-state index in [9.17, 15) is 5.26 Å². The van der Waals surface area contributed by atoms with Crippen LogP contribution in [0.25, 0.3) is 0 Å². The summed E-state index contributed by atoms with van der Waals surface area (Å²) in [5.74, 6) is 0. The average Bonchev–Trinajstić information content (AvgIpc) is 2.30. The Labute approximate surface area is 102 Å². The molecule has 0 bridgehead atoms. The van der Waals surface area contributed by atoms with Gasteiger partial charge < -0.3 is 0 Å². The van der Waals surface area contributed by atoms with Gasteiger partial charge in [-0.05, 0) is 31.9 Å². The van der Waals surface area contributed by atoms with E-state index in [1.165, 1.54) is 29.7 Å². The van der Waals surface area contributed by atoms with Gasteiger partial charge in [-0.2, -0.15) is 5.26 Å². The molecule has 0 atom stereocenters. The largest absolute Gasteiger partial charge is 0.197 e. The Morgan fingerprint density at radius 1 is 1.25 bits per heavy atom. The van der Waals surface area contributed by atoms with E-state index in [4.69, 9.17) is 0 Å². The number of hydrogen-bond acceptors (Lipinski definition) is 2. The average molecular weight is 231 g/mol. The van der Waals surface area contributed by atoms with Crippen LogP contribution in [0.15, 0.2) is 29.2 Å². The van der Waals surface area contributed by atoms with Gasteiger partial charge in [0.2, 0.25) is 0 Å². The van der Waals surface area contributed by atoms with E-state index in [-0.39, 0.29) is 4.75 Å². The summed E-state index contributed by atoms with van der Waals surface area (Å²) >= 11 is 1.77. The third-order valence-corrected chi connectivity index (χ3v) is 4.55. The molecule has 0 spiro atoms. The summed E-state index contributed by atoms with van der Waals surface area (Å²) in [5, 5.41) is 9.40. The lowest BCUT2D eigenvalue weighted by Crippen LogP contribution is -2.25. The highest BCUT2D eigenvalue weighted by Crippen LogP contribution is 2.43. The maximum Gasteiger partial charge on any atom is 0.107 e. The molecule has 0 saturated heterocycles. The van der Waals surface area contributed by atoms with E-state index in [1.54, 1.807) is 11.8 Å². The van der Waals surface area contributed by atoms with Gasteiger partial charge in [0.15, 0.2) is 0 Å². The summed E-state index contributed by atoms with van der Waals surface area (Å²) in [6.45, 7) is 2.10. The Morgan fingerprint density at radius 3 is 2.62 bits per heavy atom. The standard InChI is InChI=1S/C14H17NS/c1-12-6-5-7-13(10-12)16-14(11-15)8-3-2-4-9-14/h5-7,10H,2-4,8-9H2,1H3. The molecular weight excluding hydrogens is 214 g/mol. The van der Waals surface area contributed by atoms with Gasteiger partial charge in [0.05, 0.1) is 6.07 Å². The Bertz CT molecular complexity index is 399. The summed E-state index contributed by atoms with van der Waals surface area (Å²) in [5.41, 5.74) is 1.27. The van der Waals surface area contributed by atoms with Crippen LogP contribution >= 0.6 is 11.8 Å². The second kappa shape index (κ2) is 4.93. The zero-order chi connectivity index (χ0) is 11.4. The molecule has 0 aliphatic heterocycles. The van der Waals surface area contributed by atoms with Crippen molar-refractivity contribution in [3.63, 3.8) is 0 Å². The van der Waals surface area contributed by atoms with Crippen molar-refractivity contribution in [2.24, 2.45) is 0 Å². The maximum atomic E-state index is 9.40. The Balaban J connectivity index is 2.15. The van der Waals surface area contributed by atoms with Crippen LogP contribution in [-0.2, 0) is 0 Å². The number of benzene rings is 1. The van der Waals surface area contributed by atoms with Crippen LogP contribution in [0.5, 0.6) is 0 Å². The summed E-state index contributed by atoms with van der Waals surface area (Å²) in [6, 6.07) is 11.0. The van der Waals surface area contributed by atoms with Crippen LogP contribution in [0.3, 0.4) is 0 Å². The molecule has 84 valence electrons. The summed E-state index contributed by atoms with van der Waals surface area (Å²) in [6.07, 6.45) is 5.78. The molecule has 16 heavy (non-hydrogen) atoms. The van der Waals surface area contributed by atoms with Gasteiger partial charge >= 0.3 is 0 Å². The normalized spacial score (nSPS) is 19.0. The number of rotatable bonds is 2. The molecule has 2 heteroatoms. The van der Waals surface area contributed by atoms with Crippen LogP contribution in [0.2, 0.25) is 0 Å². The van der Waals surface area contributed by atoms with Crippen LogP contribution in [-0.4, -0.2) is 4.75 Å². The van der Waals surface area contributed by atoms with Crippen LogP contribution in [0, 0.1) is 18.3 Å². The van der Waals surface area contributed by atoms with Crippen LogP contribution in [0.4, 0.5) is 0 Å². The minimum atomic E-state index is -0.161. The van der Waals surface area contributed by atoms with E-state index in [2.05, 4.69) is 37.3 Å². The third-order valence-electron chi connectivity index (χ3n) is 3.17. The summed E-state index contributed by atoms with van der Waals surface area (Å²) in [7, 11) is 0. The van der Waals surface area contributed by atoms with E-state index < -0.39 is 0 Å². The summed E-state index contributed by atoms with van der Waals surface area (Å²) < 4.78 is -0.161. The van der Waals surface area contributed by atoms with E-state index in [0.29, 0.717) is 0 Å². The van der Waals surface area contributed by atoms with Gasteiger partial charge in [-0.25, -0.2) is 0 Å². The van der Waals surface area contributed by atoms with Crippen LogP contribution in [0.1, 0.15) is 37.7 Å². The molecular formula is C14H17NS. The fourth-order valence-electron chi connectivity index (χ4n) is 2.26. The topological polar surface area (TPSA) is 23.8 Å². The van der Waals surface area contributed by atoms with E-state index in [1.807, 2.05) is 0 Å². The highest BCUT2D eigenvalue weighted by atomic mass is 32.2. The zero-order valence-corrected chi connectivity index (χ0v) is 10.5. The first-order valence-electron chi connectivity index (χ1n) is 5.91. The number of hydrogen-bond donors (Lipinski definition) is 0. The molecule has 0 heterocycles. The van der Waals surface area contributed by atoms with Gasteiger partial charge in [0, 0.05) is 4.90 Å². The van der Waals surface area contributed by atoms with Crippen LogP contribution < -0.4 is 0 Å². The quantitative estimate of drug-likeness (QED) is 0.757. The lowest BCUT2D eigenvalue weighted by molar-refractivity contribution is 0.459. The second-order valence-corrected chi connectivity index (χ2v) is 6.04. The molecule has 0 N–H and O–H groups in total. The van der Waals surface area contributed by atoms with Crippen molar-refractivity contribution in [3.05, 3.63) is 29.8 Å². The highest BCUT2D eigenvalue weighted by Gasteiger charge is 2.33. The zero-order valence-electron chi connectivity index (χ0n) is 9.70. The molecule has 2 rings (SSSR count). The molecule has 1 aliphatic carbocycles. The third kappa shape index (κ3) is 2.59. The Morgan fingerprint density at radius 2 is 2.00 bits per heavy atom. The maximum absolute atomic E-state index is 9.40. The molecule has 0 radical (unpaired) electrons. The Hall–Kier alpha value is -0.940. The van der Waals surface area contributed by atoms with Crippen molar-refractivity contribution in [1.82, 2.24) is 0 Å². The molecule has 1 aromatic rings. The first-order chi connectivity index (χ1) is 7.74. The minimum Gasteiger partial charge on any atom is -0.197 e. The first-order valence-corrected chi connectivity index (χ1v) is 6.73. The fraction of sp³-hybridized carbons (Fsp3) is 0.500. The number of aryl methyl sites for hydroxylation is 1. The number of nitriles is 1. The molecule has 0 unspecified atom stereocenters. The Kier molecular flexibility index (Phi) is 3.56. The van der Waals surface area contributed by atoms with Gasteiger partial charge in [0.25, 0.3) is 0 Å². The van der Waals surface area contributed by atoms with E-state index in [0.717, 1.165) is 12.8 Å². The molecule has 1 fully saturated rings. The molecule has 1 nitrogen and oxygen atoms in total. The van der Waals surface area contributed by atoms with Gasteiger partial charge in [-0.3, -0.25) is 0 Å². The van der Waals surface area contributed by atoms with Crippen molar-refractivity contribution in [3.8, 4) is 6.07 Å². The van der Waals surface area contributed by atoms with Gasteiger partial charge in [-0.1, -0.05) is 37.0 Å². The first kappa shape index (κ1) is 11.5. The molecule has 1 aromatic carbocycles. The smallest absolute Gasteiger partial charge is 0.107 e. The van der Waals surface area contributed by atoms with Crippen molar-refractivity contribution in [1.29, 1.82) is 5.26 Å². The second-order valence-electron chi connectivity index (χ2n) is 4.59. The number of nitrogens with zero attached hydrogens (tertiary/aromatic N) is 1. The van der Waals surface area contributed by atoms with Crippen molar-refractivity contribution in [2.75, 3.05) is 0 Å². The highest BCUT2D eigenvalue weighted by molar-refractivity contribution is 8.01. The lowest BCUT2D eigenvalue weighted by atomic mass is 9.89. The SMILES string of the molecule is Cc1cccc(SC2(C#N)CCCCC2)c1. The lowest BCUT2D eigenvalue weighted by Gasteiger charge is -2.29. The molecule has 0 amide bonds. The molecule has 0 aromatic heterocycles. The fourth-order valence-corrected chi connectivity index (χ4v) is 3.65. The predicted molar refractivity (Wildman–Crippen MR) is 68.5 cm³/mol. The number of thioether (sulfide) groups is 1. The van der Waals surface area contributed by atoms with Crippen molar-refractivity contribution in [2.45, 2.75) is 48.7 Å². The monoisotopic (exact) mass is 231 g/mol. The molecule has 1 aliphatic rings.